The zero-order chi connectivity index (χ0) is 14.4. The number of hydrogen-bond acceptors (Lipinski definition) is 6. The van der Waals surface area contributed by atoms with Gasteiger partial charge in [-0.2, -0.15) is 4.98 Å². The van der Waals surface area contributed by atoms with Crippen molar-refractivity contribution in [3.63, 3.8) is 0 Å². The summed E-state index contributed by atoms with van der Waals surface area (Å²) in [4.78, 5) is 16.0. The fraction of sp³-hybridized carbons (Fsp3) is 0.308. The summed E-state index contributed by atoms with van der Waals surface area (Å²) in [7, 11) is 0. The van der Waals surface area contributed by atoms with Gasteiger partial charge in [-0.25, -0.2) is 0 Å². The lowest BCUT2D eigenvalue weighted by atomic mass is 10.1. The highest BCUT2D eigenvalue weighted by Crippen LogP contribution is 2.26. The molecule has 106 valence electrons. The van der Waals surface area contributed by atoms with Gasteiger partial charge < -0.3 is 20.3 Å². The second kappa shape index (κ2) is 6.55. The molecule has 0 spiro atoms. The Labute approximate surface area is 116 Å². The number of anilines is 1. The zero-order valence-corrected chi connectivity index (χ0v) is 11.1. The lowest BCUT2D eigenvalue weighted by Crippen LogP contribution is -2.26. The van der Waals surface area contributed by atoms with Gasteiger partial charge in [-0.05, 0) is 19.1 Å². The summed E-state index contributed by atoms with van der Waals surface area (Å²) in [5.74, 6) is 0.708. The minimum absolute atomic E-state index is 0.246. The number of aromatic nitrogens is 2. The van der Waals surface area contributed by atoms with Crippen LogP contribution >= 0.6 is 0 Å². The topological polar surface area (TPSA) is 103 Å². The molecule has 0 fully saturated rings. The van der Waals surface area contributed by atoms with Gasteiger partial charge in [0.25, 0.3) is 5.91 Å². The van der Waals surface area contributed by atoms with Gasteiger partial charge >= 0.3 is 0 Å². The number of benzene rings is 1. The molecule has 1 aromatic carbocycles. The van der Waals surface area contributed by atoms with Gasteiger partial charge in [0.2, 0.25) is 6.39 Å². The van der Waals surface area contributed by atoms with Crippen molar-refractivity contribution in [2.75, 3.05) is 18.9 Å². The SMILES string of the molecule is CCOc1c(N)cccc1C(=O)NCCc1ncon1. The summed E-state index contributed by atoms with van der Waals surface area (Å²) < 4.78 is 10.0. The molecule has 1 heterocycles. The number of carbonyl (C=O) groups is 1. The Morgan fingerprint density at radius 3 is 3.05 bits per heavy atom. The fourth-order valence-electron chi connectivity index (χ4n) is 1.72. The number of nitrogens with one attached hydrogen (secondary N) is 1. The Kier molecular flexibility index (Phi) is 4.54. The average molecular weight is 276 g/mol. The fourth-order valence-corrected chi connectivity index (χ4v) is 1.72. The van der Waals surface area contributed by atoms with Gasteiger partial charge in [0.05, 0.1) is 17.9 Å². The van der Waals surface area contributed by atoms with Crippen molar-refractivity contribution in [3.05, 3.63) is 36.0 Å². The van der Waals surface area contributed by atoms with Crippen LogP contribution < -0.4 is 15.8 Å². The molecule has 7 heteroatoms. The Bertz CT molecular complexity index is 569. The summed E-state index contributed by atoms with van der Waals surface area (Å²) in [5.41, 5.74) is 6.67. The van der Waals surface area contributed by atoms with Crippen molar-refractivity contribution in [3.8, 4) is 5.75 Å². The molecule has 0 aliphatic carbocycles. The largest absolute Gasteiger partial charge is 0.491 e. The van der Waals surface area contributed by atoms with E-state index >= 15 is 0 Å². The first kappa shape index (κ1) is 13.9. The zero-order valence-electron chi connectivity index (χ0n) is 11.1. The predicted octanol–water partition coefficient (Wildman–Crippen LogP) is 1.02. The highest BCUT2D eigenvalue weighted by molar-refractivity contribution is 5.98. The number of amides is 1. The van der Waals surface area contributed by atoms with Crippen LogP contribution in [0.3, 0.4) is 0 Å². The quantitative estimate of drug-likeness (QED) is 0.763. The minimum atomic E-state index is -0.246. The lowest BCUT2D eigenvalue weighted by molar-refractivity contribution is 0.0950. The van der Waals surface area contributed by atoms with E-state index in [0.717, 1.165) is 0 Å². The molecule has 2 rings (SSSR count). The Balaban J connectivity index is 1.99. The van der Waals surface area contributed by atoms with Gasteiger partial charge in [-0.15, -0.1) is 0 Å². The molecule has 0 saturated heterocycles. The Morgan fingerprint density at radius 2 is 2.35 bits per heavy atom. The normalized spacial score (nSPS) is 10.2. The molecule has 20 heavy (non-hydrogen) atoms. The molecule has 0 atom stereocenters. The van der Waals surface area contributed by atoms with Gasteiger partial charge in [0.15, 0.2) is 11.6 Å². The first-order chi connectivity index (χ1) is 9.72. The molecule has 0 bridgehead atoms. The van der Waals surface area contributed by atoms with E-state index in [0.29, 0.717) is 42.4 Å². The third-order valence-electron chi connectivity index (χ3n) is 2.62. The van der Waals surface area contributed by atoms with Gasteiger partial charge in [0.1, 0.15) is 0 Å². The van der Waals surface area contributed by atoms with E-state index in [-0.39, 0.29) is 5.91 Å². The van der Waals surface area contributed by atoms with E-state index in [4.69, 9.17) is 10.5 Å². The smallest absolute Gasteiger partial charge is 0.255 e. The van der Waals surface area contributed by atoms with E-state index in [1.54, 1.807) is 18.2 Å². The number of ether oxygens (including phenoxy) is 1. The van der Waals surface area contributed by atoms with E-state index in [1.165, 1.54) is 6.39 Å². The standard InChI is InChI=1S/C13H16N4O3/c1-2-19-12-9(4-3-5-10(12)14)13(18)15-7-6-11-16-8-20-17-11/h3-5,8H,2,6-7,14H2,1H3,(H,15,18). The highest BCUT2D eigenvalue weighted by Gasteiger charge is 2.14. The van der Waals surface area contributed by atoms with Crippen LogP contribution in [0.5, 0.6) is 5.75 Å². The number of nitrogens with two attached hydrogens (primary N) is 1. The first-order valence-corrected chi connectivity index (χ1v) is 6.27. The molecule has 1 amide bonds. The van der Waals surface area contributed by atoms with Crippen LogP contribution in [0.15, 0.2) is 29.1 Å². The van der Waals surface area contributed by atoms with E-state index in [9.17, 15) is 4.79 Å². The Morgan fingerprint density at radius 1 is 1.50 bits per heavy atom. The molecule has 0 aliphatic heterocycles. The van der Waals surface area contributed by atoms with Crippen molar-refractivity contribution >= 4 is 11.6 Å². The van der Waals surface area contributed by atoms with Crippen molar-refractivity contribution in [1.29, 1.82) is 0 Å². The number of nitrogen functional groups attached to an aromatic ring is 1. The summed E-state index contributed by atoms with van der Waals surface area (Å²) in [6.07, 6.45) is 1.75. The molecule has 0 saturated carbocycles. The molecule has 0 unspecified atom stereocenters. The highest BCUT2D eigenvalue weighted by atomic mass is 16.5. The number of para-hydroxylation sites is 1. The van der Waals surface area contributed by atoms with Crippen molar-refractivity contribution in [1.82, 2.24) is 15.5 Å². The third kappa shape index (κ3) is 3.25. The van der Waals surface area contributed by atoms with Crippen molar-refractivity contribution in [2.24, 2.45) is 0 Å². The van der Waals surface area contributed by atoms with Crippen LogP contribution in [0.1, 0.15) is 23.1 Å². The van der Waals surface area contributed by atoms with Crippen LogP contribution in [0.4, 0.5) is 5.69 Å². The van der Waals surface area contributed by atoms with E-state index < -0.39 is 0 Å². The number of hydrogen-bond donors (Lipinski definition) is 2. The number of carbonyl (C=O) groups excluding carboxylic acids is 1. The van der Waals surface area contributed by atoms with Crippen LogP contribution in [-0.4, -0.2) is 29.2 Å². The summed E-state index contributed by atoms with van der Waals surface area (Å²) in [5, 5.41) is 6.43. The van der Waals surface area contributed by atoms with E-state index in [1.807, 2.05) is 6.92 Å². The predicted molar refractivity (Wildman–Crippen MR) is 72.4 cm³/mol. The summed E-state index contributed by atoms with van der Waals surface area (Å²) >= 11 is 0. The summed E-state index contributed by atoms with van der Waals surface area (Å²) in [6, 6.07) is 5.08. The number of rotatable bonds is 6. The summed E-state index contributed by atoms with van der Waals surface area (Å²) in [6.45, 7) is 2.68. The second-order valence-electron chi connectivity index (χ2n) is 4.01. The minimum Gasteiger partial charge on any atom is -0.491 e. The van der Waals surface area contributed by atoms with Crippen molar-refractivity contribution < 1.29 is 14.1 Å². The maximum Gasteiger partial charge on any atom is 0.255 e. The average Bonchev–Trinajstić information content (AvgIpc) is 2.94. The van der Waals surface area contributed by atoms with Crippen molar-refractivity contribution in [2.45, 2.75) is 13.3 Å². The van der Waals surface area contributed by atoms with Gasteiger partial charge in [-0.1, -0.05) is 11.2 Å². The molecule has 2 aromatic rings. The van der Waals surface area contributed by atoms with Gasteiger partial charge in [-0.3, -0.25) is 4.79 Å². The molecule has 0 radical (unpaired) electrons. The Hall–Kier alpha value is -2.57. The maximum atomic E-state index is 12.1. The van der Waals surface area contributed by atoms with Gasteiger partial charge in [0, 0.05) is 13.0 Å². The first-order valence-electron chi connectivity index (χ1n) is 6.27. The van der Waals surface area contributed by atoms with Crippen LogP contribution in [0.25, 0.3) is 0 Å². The molecular formula is C13H16N4O3. The molecular weight excluding hydrogens is 260 g/mol. The molecule has 3 N–H and O–H groups in total. The van der Waals surface area contributed by atoms with Crippen LogP contribution in [-0.2, 0) is 6.42 Å². The maximum absolute atomic E-state index is 12.1. The monoisotopic (exact) mass is 276 g/mol. The molecule has 7 nitrogen and oxygen atoms in total. The lowest BCUT2D eigenvalue weighted by Gasteiger charge is -2.12. The molecule has 1 aromatic heterocycles. The number of nitrogens with zero attached hydrogens (tertiary/aromatic N) is 2. The van der Waals surface area contributed by atoms with E-state index in [2.05, 4.69) is 20.0 Å². The third-order valence-corrected chi connectivity index (χ3v) is 2.62. The second-order valence-corrected chi connectivity index (χ2v) is 4.01. The molecule has 0 aliphatic rings. The van der Waals surface area contributed by atoms with Crippen LogP contribution in [0.2, 0.25) is 0 Å². The van der Waals surface area contributed by atoms with Crippen LogP contribution in [0, 0.1) is 0 Å².